The van der Waals surface area contributed by atoms with E-state index in [1.807, 2.05) is 0 Å². The van der Waals surface area contributed by atoms with Crippen molar-refractivity contribution in [1.29, 1.82) is 0 Å². The van der Waals surface area contributed by atoms with Gasteiger partial charge in [0.25, 0.3) is 0 Å². The van der Waals surface area contributed by atoms with E-state index in [0.717, 1.165) is 0 Å². The maximum Gasteiger partial charge on any atom is 0.316 e. The molecule has 0 aliphatic carbocycles. The van der Waals surface area contributed by atoms with Crippen LogP contribution in [0.3, 0.4) is 0 Å². The number of benzene rings is 1. The molecule has 1 aromatic heterocycles. The van der Waals surface area contributed by atoms with E-state index >= 15 is 0 Å². The Labute approximate surface area is 84.1 Å². The van der Waals surface area contributed by atoms with Gasteiger partial charge in [-0.3, -0.25) is 4.79 Å². The van der Waals surface area contributed by atoms with Gasteiger partial charge < -0.3 is 0 Å². The molecule has 0 saturated heterocycles. The van der Waals surface area contributed by atoms with Crippen molar-refractivity contribution in [3.8, 4) is 0 Å². The van der Waals surface area contributed by atoms with Gasteiger partial charge in [0.1, 0.15) is 0 Å². The van der Waals surface area contributed by atoms with Crippen molar-refractivity contribution in [3.05, 3.63) is 40.8 Å². The molecule has 0 amide bonds. The molecule has 2 aromatic rings. The molecule has 0 radical (unpaired) electrons. The van der Waals surface area contributed by atoms with Crippen molar-refractivity contribution in [1.82, 2.24) is 9.97 Å². The lowest BCUT2D eigenvalue weighted by Crippen LogP contribution is -2.01. The molecule has 0 unspecified atom stereocenters. The topological polar surface area (TPSA) is 72.3 Å². The SMILES string of the molecule is O=C=Nc1ncc2ccccc2nc1=O. The first-order valence-electron chi connectivity index (χ1n) is 4.15. The summed E-state index contributed by atoms with van der Waals surface area (Å²) in [6.07, 6.45) is 2.71. The summed E-state index contributed by atoms with van der Waals surface area (Å²) in [5.41, 5.74) is -0.123. The lowest BCUT2D eigenvalue weighted by Gasteiger charge is -1.85. The van der Waals surface area contributed by atoms with Gasteiger partial charge in [0.15, 0.2) is 0 Å². The Bertz CT molecular complexity index is 618. The van der Waals surface area contributed by atoms with Gasteiger partial charge in [-0.15, -0.1) is 4.99 Å². The van der Waals surface area contributed by atoms with Crippen molar-refractivity contribution in [2.24, 2.45) is 4.99 Å². The molecule has 5 heteroatoms. The highest BCUT2D eigenvalue weighted by molar-refractivity contribution is 5.77. The smallest absolute Gasteiger partial charge is 0.263 e. The maximum absolute atomic E-state index is 11.4. The molecule has 0 aliphatic rings. The zero-order valence-electron chi connectivity index (χ0n) is 7.54. The van der Waals surface area contributed by atoms with Crippen LogP contribution in [0, 0.1) is 0 Å². The second kappa shape index (κ2) is 3.77. The van der Waals surface area contributed by atoms with Crippen molar-refractivity contribution < 1.29 is 4.79 Å². The molecule has 72 valence electrons. The quantitative estimate of drug-likeness (QED) is 0.506. The first-order chi connectivity index (χ1) is 7.31. The second-order valence-corrected chi connectivity index (χ2v) is 2.76. The fourth-order valence-electron chi connectivity index (χ4n) is 1.16. The fourth-order valence-corrected chi connectivity index (χ4v) is 1.16. The number of para-hydroxylation sites is 1. The van der Waals surface area contributed by atoms with Crippen molar-refractivity contribution in [3.63, 3.8) is 0 Å². The average molecular weight is 199 g/mol. The van der Waals surface area contributed by atoms with Crippen molar-refractivity contribution >= 4 is 22.8 Å². The third-order valence-electron chi connectivity index (χ3n) is 1.83. The van der Waals surface area contributed by atoms with E-state index in [1.54, 1.807) is 24.3 Å². The minimum atomic E-state index is -0.639. The number of aliphatic imine (C=N–C) groups is 1. The number of fused-ring (bicyclic) bond motifs is 1. The van der Waals surface area contributed by atoms with Gasteiger partial charge in [0, 0.05) is 11.6 Å². The molecular weight excluding hydrogens is 194 g/mol. The molecule has 5 nitrogen and oxygen atoms in total. The molecule has 0 aliphatic heterocycles. The van der Waals surface area contributed by atoms with Crippen LogP contribution in [0.25, 0.3) is 10.9 Å². The number of aromatic nitrogens is 2. The van der Waals surface area contributed by atoms with Crippen LogP contribution in [0.1, 0.15) is 0 Å². The fraction of sp³-hybridized carbons (Fsp3) is 0. The third kappa shape index (κ3) is 1.77. The number of hydrogen-bond acceptors (Lipinski definition) is 5. The van der Waals surface area contributed by atoms with Crippen LogP contribution in [-0.2, 0) is 4.79 Å². The summed E-state index contributed by atoms with van der Waals surface area (Å²) in [6, 6.07) is 7.02. The summed E-state index contributed by atoms with van der Waals surface area (Å²) < 4.78 is 0. The maximum atomic E-state index is 11.4. The Hall–Kier alpha value is -2.39. The Morgan fingerprint density at radius 2 is 2.07 bits per heavy atom. The average Bonchev–Trinajstić information content (AvgIpc) is 2.40. The summed E-state index contributed by atoms with van der Waals surface area (Å²) in [6.45, 7) is 0. The molecule has 0 fully saturated rings. The molecule has 0 spiro atoms. The van der Waals surface area contributed by atoms with E-state index < -0.39 is 5.56 Å². The van der Waals surface area contributed by atoms with E-state index in [1.165, 1.54) is 12.3 Å². The van der Waals surface area contributed by atoms with Gasteiger partial charge in [0.05, 0.1) is 5.52 Å². The Kier molecular flexibility index (Phi) is 2.31. The number of carbonyl (C=O) groups excluding carboxylic acids is 1. The van der Waals surface area contributed by atoms with E-state index in [4.69, 9.17) is 0 Å². The highest BCUT2D eigenvalue weighted by atomic mass is 16.1. The van der Waals surface area contributed by atoms with Gasteiger partial charge >= 0.3 is 5.56 Å². The summed E-state index contributed by atoms with van der Waals surface area (Å²) in [5.74, 6) is -0.249. The van der Waals surface area contributed by atoms with Crippen LogP contribution in [0.2, 0.25) is 0 Å². The zero-order valence-corrected chi connectivity index (χ0v) is 7.54. The van der Waals surface area contributed by atoms with E-state index in [9.17, 15) is 9.59 Å². The monoisotopic (exact) mass is 199 g/mol. The minimum absolute atomic E-state index is 0.249. The van der Waals surface area contributed by atoms with Gasteiger partial charge in [-0.25, -0.2) is 14.8 Å². The third-order valence-corrected chi connectivity index (χ3v) is 1.83. The summed E-state index contributed by atoms with van der Waals surface area (Å²) in [4.78, 5) is 32.1. The van der Waals surface area contributed by atoms with Crippen LogP contribution >= 0.6 is 0 Å². The van der Waals surface area contributed by atoms with Crippen LogP contribution < -0.4 is 5.56 Å². The highest BCUT2D eigenvalue weighted by Crippen LogP contribution is 2.07. The summed E-state index contributed by atoms with van der Waals surface area (Å²) in [7, 11) is 0. The van der Waals surface area contributed by atoms with Crippen LogP contribution in [0.15, 0.2) is 40.2 Å². The van der Waals surface area contributed by atoms with E-state index in [-0.39, 0.29) is 5.82 Å². The van der Waals surface area contributed by atoms with Crippen LogP contribution in [-0.4, -0.2) is 16.0 Å². The molecule has 0 N–H and O–H groups in total. The molecule has 0 atom stereocenters. The standard InChI is InChI=1S/C10H5N3O2/c14-6-12-9-10(15)13-8-4-2-1-3-7(8)5-11-9/h1-5H. The van der Waals surface area contributed by atoms with E-state index in [2.05, 4.69) is 15.0 Å². The molecule has 1 heterocycles. The van der Waals surface area contributed by atoms with Gasteiger partial charge in [0.2, 0.25) is 11.9 Å². The first-order valence-corrected chi connectivity index (χ1v) is 4.15. The van der Waals surface area contributed by atoms with Gasteiger partial charge in [-0.05, 0) is 6.07 Å². The van der Waals surface area contributed by atoms with Crippen molar-refractivity contribution in [2.75, 3.05) is 0 Å². The Morgan fingerprint density at radius 1 is 1.27 bits per heavy atom. The molecule has 0 bridgehead atoms. The second-order valence-electron chi connectivity index (χ2n) is 2.76. The molecule has 0 saturated carbocycles. The largest absolute Gasteiger partial charge is 0.316 e. The van der Waals surface area contributed by atoms with Crippen LogP contribution in [0.4, 0.5) is 5.82 Å². The Morgan fingerprint density at radius 3 is 2.87 bits per heavy atom. The zero-order chi connectivity index (χ0) is 10.7. The number of nitrogens with zero attached hydrogens (tertiary/aromatic N) is 3. The molecule has 1 aromatic carbocycles. The minimum Gasteiger partial charge on any atom is -0.263 e. The predicted octanol–water partition coefficient (Wildman–Crippen LogP) is 0.957. The van der Waals surface area contributed by atoms with Crippen LogP contribution in [0.5, 0.6) is 0 Å². The number of hydrogen-bond donors (Lipinski definition) is 0. The normalized spacial score (nSPS) is 9.60. The summed E-state index contributed by atoms with van der Waals surface area (Å²) >= 11 is 0. The molecular formula is C10H5N3O2. The Balaban J connectivity index is 2.88. The summed E-state index contributed by atoms with van der Waals surface area (Å²) in [5, 5.41) is 0.710. The number of rotatable bonds is 1. The predicted molar refractivity (Wildman–Crippen MR) is 53.6 cm³/mol. The van der Waals surface area contributed by atoms with Crippen molar-refractivity contribution in [2.45, 2.75) is 0 Å². The highest BCUT2D eigenvalue weighted by Gasteiger charge is 1.99. The lowest BCUT2D eigenvalue weighted by molar-refractivity contribution is 0.565. The molecule has 15 heavy (non-hydrogen) atoms. The molecule has 2 rings (SSSR count). The van der Waals surface area contributed by atoms with E-state index in [0.29, 0.717) is 10.9 Å². The first kappa shape index (κ1) is 9.18. The van der Waals surface area contributed by atoms with Gasteiger partial charge in [-0.2, -0.15) is 0 Å². The number of isocyanates is 1. The van der Waals surface area contributed by atoms with Gasteiger partial charge in [-0.1, -0.05) is 18.2 Å². The lowest BCUT2D eigenvalue weighted by atomic mass is 10.2.